The number of rotatable bonds is 4. The average molecular weight is 379 g/mol. The van der Waals surface area contributed by atoms with Gasteiger partial charge in [-0.2, -0.15) is 5.10 Å². The van der Waals surface area contributed by atoms with E-state index in [1.165, 1.54) is 18.2 Å². The normalized spacial score (nSPS) is 11.8. The molecule has 1 heterocycles. The van der Waals surface area contributed by atoms with Crippen LogP contribution in [0.2, 0.25) is 5.02 Å². The number of nitrogens with one attached hydrogen (secondary N) is 1. The maximum Gasteiger partial charge on any atom is 0.240 e. The molecule has 0 radical (unpaired) electrons. The highest BCUT2D eigenvalue weighted by Crippen LogP contribution is 2.25. The summed E-state index contributed by atoms with van der Waals surface area (Å²) in [6.07, 6.45) is 1.65. The van der Waals surface area contributed by atoms with Crippen molar-refractivity contribution >= 4 is 37.6 Å². The molecule has 0 amide bonds. The van der Waals surface area contributed by atoms with Crippen molar-refractivity contribution in [3.63, 3.8) is 0 Å². The highest BCUT2D eigenvalue weighted by molar-refractivity contribution is 9.10. The first-order chi connectivity index (χ1) is 9.31. The third kappa shape index (κ3) is 3.22. The Morgan fingerprint density at radius 2 is 2.15 bits per heavy atom. The van der Waals surface area contributed by atoms with Crippen LogP contribution in [0.4, 0.5) is 0 Å². The molecule has 0 atom stereocenters. The van der Waals surface area contributed by atoms with E-state index in [2.05, 4.69) is 25.8 Å². The fourth-order valence-corrected chi connectivity index (χ4v) is 3.30. The maximum atomic E-state index is 12.2. The van der Waals surface area contributed by atoms with E-state index in [1.807, 2.05) is 14.0 Å². The van der Waals surface area contributed by atoms with Gasteiger partial charge in [0.25, 0.3) is 0 Å². The lowest BCUT2D eigenvalue weighted by Gasteiger charge is -2.07. The summed E-state index contributed by atoms with van der Waals surface area (Å²) in [5.41, 5.74) is 1.76. The number of aryl methyl sites for hydroxylation is 1. The van der Waals surface area contributed by atoms with Gasteiger partial charge in [-0.15, -0.1) is 0 Å². The Balaban J connectivity index is 2.19. The van der Waals surface area contributed by atoms with Crippen LogP contribution < -0.4 is 4.72 Å². The zero-order chi connectivity index (χ0) is 14.9. The largest absolute Gasteiger partial charge is 0.273 e. The van der Waals surface area contributed by atoms with E-state index in [9.17, 15) is 8.42 Å². The number of nitrogens with zero attached hydrogens (tertiary/aromatic N) is 2. The van der Waals surface area contributed by atoms with Gasteiger partial charge in [-0.05, 0) is 41.1 Å². The van der Waals surface area contributed by atoms with Crippen LogP contribution in [0.5, 0.6) is 0 Å². The molecule has 1 aromatic carbocycles. The fraction of sp³-hybridized carbons (Fsp3) is 0.250. The Kier molecular flexibility index (Phi) is 4.53. The van der Waals surface area contributed by atoms with Crippen LogP contribution in [0.25, 0.3) is 0 Å². The summed E-state index contributed by atoms with van der Waals surface area (Å²) < 4.78 is 29.2. The van der Waals surface area contributed by atoms with E-state index in [-0.39, 0.29) is 11.4 Å². The minimum absolute atomic E-state index is 0.162. The molecule has 1 aromatic heterocycles. The molecule has 0 unspecified atom stereocenters. The topological polar surface area (TPSA) is 64.0 Å². The highest BCUT2D eigenvalue weighted by Gasteiger charge is 2.16. The van der Waals surface area contributed by atoms with Crippen LogP contribution in [-0.2, 0) is 23.6 Å². The molecule has 2 aromatic rings. The van der Waals surface area contributed by atoms with E-state index >= 15 is 0 Å². The van der Waals surface area contributed by atoms with Gasteiger partial charge in [-0.3, -0.25) is 4.68 Å². The zero-order valence-electron chi connectivity index (χ0n) is 10.9. The number of aromatic nitrogens is 2. The van der Waals surface area contributed by atoms with Gasteiger partial charge in [-0.1, -0.05) is 11.6 Å². The molecule has 0 saturated carbocycles. The smallest absolute Gasteiger partial charge is 0.240 e. The van der Waals surface area contributed by atoms with Crippen molar-refractivity contribution in [2.24, 2.45) is 7.05 Å². The summed E-state index contributed by atoms with van der Waals surface area (Å²) in [6.45, 7) is 2.08. The Hall–Kier alpha value is -0.890. The molecule has 0 aliphatic carbocycles. The van der Waals surface area contributed by atoms with Crippen molar-refractivity contribution in [2.75, 3.05) is 0 Å². The van der Waals surface area contributed by atoms with Gasteiger partial charge in [-0.25, -0.2) is 13.1 Å². The van der Waals surface area contributed by atoms with Gasteiger partial charge in [0.15, 0.2) is 0 Å². The van der Waals surface area contributed by atoms with Crippen molar-refractivity contribution in [1.29, 1.82) is 0 Å². The van der Waals surface area contributed by atoms with E-state index in [0.717, 1.165) is 11.3 Å². The second kappa shape index (κ2) is 5.85. The molecular weight excluding hydrogens is 366 g/mol. The Bertz CT molecular complexity index is 743. The van der Waals surface area contributed by atoms with Crippen LogP contribution in [0.1, 0.15) is 11.3 Å². The first-order valence-corrected chi connectivity index (χ1v) is 8.39. The van der Waals surface area contributed by atoms with Crippen LogP contribution in [0, 0.1) is 6.92 Å². The van der Waals surface area contributed by atoms with Crippen molar-refractivity contribution < 1.29 is 8.42 Å². The van der Waals surface area contributed by atoms with Gasteiger partial charge < -0.3 is 0 Å². The second-order valence-corrected chi connectivity index (χ2v) is 7.31. The third-order valence-electron chi connectivity index (χ3n) is 2.99. The minimum atomic E-state index is -3.58. The summed E-state index contributed by atoms with van der Waals surface area (Å²) in [5, 5.41) is 4.54. The van der Waals surface area contributed by atoms with E-state index in [0.29, 0.717) is 9.50 Å². The number of benzene rings is 1. The van der Waals surface area contributed by atoms with Crippen molar-refractivity contribution in [3.05, 3.63) is 45.1 Å². The molecule has 108 valence electrons. The number of hydrogen-bond donors (Lipinski definition) is 1. The molecule has 5 nitrogen and oxygen atoms in total. The zero-order valence-corrected chi connectivity index (χ0v) is 14.1. The first-order valence-electron chi connectivity index (χ1n) is 5.73. The quantitative estimate of drug-likeness (QED) is 0.889. The number of hydrogen-bond acceptors (Lipinski definition) is 3. The molecule has 1 N–H and O–H groups in total. The average Bonchev–Trinajstić information content (AvgIpc) is 2.71. The predicted molar refractivity (Wildman–Crippen MR) is 81.1 cm³/mol. The van der Waals surface area contributed by atoms with Gasteiger partial charge in [0, 0.05) is 29.3 Å². The highest BCUT2D eigenvalue weighted by atomic mass is 79.9. The summed E-state index contributed by atoms with van der Waals surface area (Å²) in [7, 11) is -1.77. The van der Waals surface area contributed by atoms with Crippen LogP contribution in [0.15, 0.2) is 33.8 Å². The molecule has 0 spiro atoms. The SMILES string of the molecule is Cc1c(CNS(=O)(=O)c2ccc(Cl)c(Br)c2)cnn1C. The first kappa shape index (κ1) is 15.5. The van der Waals surface area contributed by atoms with Crippen LogP contribution in [-0.4, -0.2) is 18.2 Å². The summed E-state index contributed by atoms with van der Waals surface area (Å²) in [4.78, 5) is 0.162. The van der Waals surface area contributed by atoms with Gasteiger partial charge in [0.2, 0.25) is 10.0 Å². The molecule has 0 aliphatic heterocycles. The Labute approximate surface area is 131 Å². The predicted octanol–water partition coefficient (Wildman–Crippen LogP) is 2.62. The van der Waals surface area contributed by atoms with Crippen molar-refractivity contribution in [3.8, 4) is 0 Å². The standard InChI is InChI=1S/C12H13BrClN3O2S/c1-8-9(6-15-17(8)2)7-16-20(18,19)10-3-4-12(14)11(13)5-10/h3-6,16H,7H2,1-2H3. The summed E-state index contributed by atoms with van der Waals surface area (Å²) in [5.74, 6) is 0. The number of halogens is 2. The molecule has 0 aliphatic rings. The lowest BCUT2D eigenvalue weighted by Crippen LogP contribution is -2.23. The van der Waals surface area contributed by atoms with Crippen LogP contribution in [0.3, 0.4) is 0 Å². The molecule has 8 heteroatoms. The molecule has 0 fully saturated rings. The summed E-state index contributed by atoms with van der Waals surface area (Å²) >= 11 is 9.07. The van der Waals surface area contributed by atoms with Gasteiger partial charge in [0.1, 0.15) is 0 Å². The lowest BCUT2D eigenvalue weighted by molar-refractivity contribution is 0.581. The fourth-order valence-electron chi connectivity index (χ4n) is 1.62. The third-order valence-corrected chi connectivity index (χ3v) is 5.60. The molecule has 0 saturated heterocycles. The molecular formula is C12H13BrClN3O2S. The van der Waals surface area contributed by atoms with E-state index in [4.69, 9.17) is 11.6 Å². The van der Waals surface area contributed by atoms with Crippen molar-refractivity contribution in [1.82, 2.24) is 14.5 Å². The second-order valence-electron chi connectivity index (χ2n) is 4.28. The van der Waals surface area contributed by atoms with E-state index < -0.39 is 10.0 Å². The van der Waals surface area contributed by atoms with Gasteiger partial charge >= 0.3 is 0 Å². The minimum Gasteiger partial charge on any atom is -0.273 e. The maximum absolute atomic E-state index is 12.2. The Morgan fingerprint density at radius 1 is 1.45 bits per heavy atom. The van der Waals surface area contributed by atoms with E-state index in [1.54, 1.807) is 10.9 Å². The number of sulfonamides is 1. The van der Waals surface area contributed by atoms with Gasteiger partial charge in [0.05, 0.1) is 16.1 Å². The molecule has 0 bridgehead atoms. The molecule has 2 rings (SSSR count). The van der Waals surface area contributed by atoms with Crippen molar-refractivity contribution in [2.45, 2.75) is 18.4 Å². The Morgan fingerprint density at radius 3 is 2.70 bits per heavy atom. The van der Waals surface area contributed by atoms with Crippen LogP contribution >= 0.6 is 27.5 Å². The summed E-state index contributed by atoms with van der Waals surface area (Å²) in [6, 6.07) is 4.47. The lowest BCUT2D eigenvalue weighted by atomic mass is 10.3. The molecule has 20 heavy (non-hydrogen) atoms. The monoisotopic (exact) mass is 377 g/mol.